The maximum atomic E-state index is 6.65. The van der Waals surface area contributed by atoms with E-state index in [0.717, 1.165) is 24.0 Å². The Morgan fingerprint density at radius 3 is 1.58 bits per heavy atom. The molecule has 50 heavy (non-hydrogen) atoms. The fourth-order valence-corrected chi connectivity index (χ4v) is 7.66. The Bertz CT molecular complexity index is 2510. The third-order valence-corrected chi connectivity index (χ3v) is 10.1. The molecule has 0 radical (unpaired) electrons. The van der Waals surface area contributed by atoms with Crippen LogP contribution in [0.15, 0.2) is 192 Å². The van der Waals surface area contributed by atoms with Crippen LogP contribution in [0.1, 0.15) is 29.0 Å². The lowest BCUT2D eigenvalue weighted by Crippen LogP contribution is -2.04. The van der Waals surface area contributed by atoms with Gasteiger partial charge in [-0.2, -0.15) is 0 Å². The summed E-state index contributed by atoms with van der Waals surface area (Å²) >= 11 is 0. The fraction of sp³-hybridized carbons (Fsp3) is 0.0612. The quantitative estimate of drug-likeness (QED) is 0.161. The molecule has 0 aliphatic carbocycles. The number of benzene rings is 8. The van der Waals surface area contributed by atoms with Gasteiger partial charge in [-0.3, -0.25) is 0 Å². The van der Waals surface area contributed by atoms with Crippen molar-refractivity contribution in [2.24, 2.45) is 0 Å². The van der Waals surface area contributed by atoms with Crippen LogP contribution in [0.2, 0.25) is 0 Å². The van der Waals surface area contributed by atoms with E-state index in [-0.39, 0.29) is 5.92 Å². The molecule has 0 spiro atoms. The van der Waals surface area contributed by atoms with E-state index in [1.807, 2.05) is 0 Å². The standard InChI is InChI=1S/C49H36O/c1-5-15-34(16-6-1)25-27-42(41-30-39(35-17-7-2-8-18-35)29-40(31-41)36-19-9-3-10-20-36)38-26-28-47-46(32-38)49-44-24-14-13-23-43(44)45(33-48(49)50-47)37-21-11-4-12-22-37/h1-24,26,28-33,42H,25,27H2. The zero-order chi connectivity index (χ0) is 33.3. The monoisotopic (exact) mass is 640 g/mol. The molecule has 0 N–H and O–H groups in total. The van der Waals surface area contributed by atoms with Gasteiger partial charge < -0.3 is 4.42 Å². The summed E-state index contributed by atoms with van der Waals surface area (Å²) in [5, 5.41) is 4.81. The highest BCUT2D eigenvalue weighted by molar-refractivity contribution is 6.22. The number of hydrogen-bond donors (Lipinski definition) is 0. The lowest BCUT2D eigenvalue weighted by molar-refractivity contribution is 0.668. The van der Waals surface area contributed by atoms with Crippen molar-refractivity contribution in [1.29, 1.82) is 0 Å². The van der Waals surface area contributed by atoms with Gasteiger partial charge in [-0.1, -0.05) is 164 Å². The summed E-state index contributed by atoms with van der Waals surface area (Å²) in [5.74, 6) is 0.172. The Balaban J connectivity index is 1.24. The molecule has 1 heteroatoms. The van der Waals surface area contributed by atoms with E-state index in [9.17, 15) is 0 Å². The van der Waals surface area contributed by atoms with E-state index >= 15 is 0 Å². The molecule has 238 valence electrons. The minimum absolute atomic E-state index is 0.172. The second-order valence-corrected chi connectivity index (χ2v) is 13.2. The van der Waals surface area contributed by atoms with Crippen LogP contribution in [0.5, 0.6) is 0 Å². The maximum absolute atomic E-state index is 6.65. The van der Waals surface area contributed by atoms with Crippen LogP contribution in [0.25, 0.3) is 66.1 Å². The van der Waals surface area contributed by atoms with Crippen LogP contribution in [0.4, 0.5) is 0 Å². The van der Waals surface area contributed by atoms with Crippen molar-refractivity contribution >= 4 is 32.7 Å². The van der Waals surface area contributed by atoms with E-state index in [1.165, 1.54) is 71.6 Å². The summed E-state index contributed by atoms with van der Waals surface area (Å²) < 4.78 is 6.65. The van der Waals surface area contributed by atoms with Gasteiger partial charge in [0.05, 0.1) is 0 Å². The van der Waals surface area contributed by atoms with Gasteiger partial charge in [-0.25, -0.2) is 0 Å². The van der Waals surface area contributed by atoms with Gasteiger partial charge >= 0.3 is 0 Å². The summed E-state index contributed by atoms with van der Waals surface area (Å²) in [6.45, 7) is 0. The third kappa shape index (κ3) is 5.67. The SMILES string of the molecule is c1ccc(CCC(c2cc(-c3ccccc3)cc(-c3ccccc3)c2)c2ccc3oc4cc(-c5ccccc5)c5ccccc5c4c3c2)cc1. The number of fused-ring (bicyclic) bond motifs is 5. The van der Waals surface area contributed by atoms with E-state index in [4.69, 9.17) is 4.42 Å². The molecule has 9 rings (SSSR count). The summed E-state index contributed by atoms with van der Waals surface area (Å²) in [6.07, 6.45) is 1.96. The largest absolute Gasteiger partial charge is 0.456 e. The highest BCUT2D eigenvalue weighted by Crippen LogP contribution is 2.42. The van der Waals surface area contributed by atoms with Gasteiger partial charge in [0.1, 0.15) is 11.2 Å². The number of rotatable bonds is 8. The van der Waals surface area contributed by atoms with E-state index in [1.54, 1.807) is 0 Å². The van der Waals surface area contributed by atoms with E-state index in [0.29, 0.717) is 0 Å². The van der Waals surface area contributed by atoms with Crippen LogP contribution < -0.4 is 0 Å². The molecule has 9 aromatic rings. The second-order valence-electron chi connectivity index (χ2n) is 13.2. The van der Waals surface area contributed by atoms with Crippen LogP contribution in [-0.2, 0) is 6.42 Å². The highest BCUT2D eigenvalue weighted by atomic mass is 16.3. The fourth-order valence-electron chi connectivity index (χ4n) is 7.66. The first-order chi connectivity index (χ1) is 24.8. The normalized spacial score (nSPS) is 12.1. The lowest BCUT2D eigenvalue weighted by Gasteiger charge is -2.21. The minimum Gasteiger partial charge on any atom is -0.456 e. The van der Waals surface area contributed by atoms with Crippen molar-refractivity contribution in [3.8, 4) is 33.4 Å². The first-order valence-electron chi connectivity index (χ1n) is 17.5. The summed E-state index contributed by atoms with van der Waals surface area (Å²) in [4.78, 5) is 0. The molecule has 0 amide bonds. The number of furan rings is 1. The average Bonchev–Trinajstić information content (AvgIpc) is 3.57. The molecule has 0 bridgehead atoms. The van der Waals surface area contributed by atoms with Gasteiger partial charge in [-0.05, 0) is 98.0 Å². The van der Waals surface area contributed by atoms with Gasteiger partial charge in [0.2, 0.25) is 0 Å². The van der Waals surface area contributed by atoms with Crippen LogP contribution in [0.3, 0.4) is 0 Å². The predicted molar refractivity (Wildman–Crippen MR) is 211 cm³/mol. The highest BCUT2D eigenvalue weighted by Gasteiger charge is 2.21. The Labute approximate surface area is 293 Å². The van der Waals surface area contributed by atoms with Gasteiger partial charge in [0, 0.05) is 16.7 Å². The summed E-state index contributed by atoms with van der Waals surface area (Å²) in [5.41, 5.74) is 13.1. The van der Waals surface area contributed by atoms with Gasteiger partial charge in [0.25, 0.3) is 0 Å². The Morgan fingerprint density at radius 1 is 0.380 bits per heavy atom. The average molecular weight is 641 g/mol. The number of hydrogen-bond acceptors (Lipinski definition) is 1. The first-order valence-corrected chi connectivity index (χ1v) is 17.5. The molecule has 0 aliphatic heterocycles. The van der Waals surface area contributed by atoms with Crippen molar-refractivity contribution < 1.29 is 4.42 Å². The molecule has 0 aliphatic rings. The molecule has 8 aromatic carbocycles. The zero-order valence-corrected chi connectivity index (χ0v) is 27.8. The van der Waals surface area contributed by atoms with Gasteiger partial charge in [-0.15, -0.1) is 0 Å². The number of aryl methyl sites for hydroxylation is 1. The molecule has 1 atom stereocenters. The van der Waals surface area contributed by atoms with Crippen molar-refractivity contribution in [2.75, 3.05) is 0 Å². The third-order valence-electron chi connectivity index (χ3n) is 10.1. The van der Waals surface area contributed by atoms with Crippen LogP contribution in [0, 0.1) is 0 Å². The topological polar surface area (TPSA) is 13.1 Å². The second kappa shape index (κ2) is 13.0. The first kappa shape index (κ1) is 29.9. The summed E-state index contributed by atoms with van der Waals surface area (Å²) in [7, 11) is 0. The molecule has 0 saturated heterocycles. The van der Waals surface area contributed by atoms with E-state index in [2.05, 4.69) is 188 Å². The van der Waals surface area contributed by atoms with Gasteiger partial charge in [0.15, 0.2) is 0 Å². The smallest absolute Gasteiger partial charge is 0.136 e. The van der Waals surface area contributed by atoms with Crippen LogP contribution in [-0.4, -0.2) is 0 Å². The summed E-state index contributed by atoms with van der Waals surface area (Å²) in [6, 6.07) is 68.1. The van der Waals surface area contributed by atoms with Crippen LogP contribution >= 0.6 is 0 Å². The Hall–Kier alpha value is -6.18. The Kier molecular flexibility index (Phi) is 7.80. The maximum Gasteiger partial charge on any atom is 0.136 e. The lowest BCUT2D eigenvalue weighted by atomic mass is 9.83. The zero-order valence-electron chi connectivity index (χ0n) is 27.8. The minimum atomic E-state index is 0.172. The molecule has 1 heterocycles. The molecule has 0 saturated carbocycles. The van der Waals surface area contributed by atoms with E-state index < -0.39 is 0 Å². The molecular formula is C49H36O. The molecule has 0 fully saturated rings. The molecule has 1 unspecified atom stereocenters. The Morgan fingerprint density at radius 2 is 0.940 bits per heavy atom. The van der Waals surface area contributed by atoms with Crippen molar-refractivity contribution in [1.82, 2.24) is 0 Å². The molecule has 1 nitrogen and oxygen atoms in total. The molecule has 1 aromatic heterocycles. The molecular weight excluding hydrogens is 605 g/mol. The van der Waals surface area contributed by atoms with Crippen molar-refractivity contribution in [3.63, 3.8) is 0 Å². The van der Waals surface area contributed by atoms with Crippen molar-refractivity contribution in [3.05, 3.63) is 205 Å². The predicted octanol–water partition coefficient (Wildman–Crippen LogP) is 13.5. The van der Waals surface area contributed by atoms with Crippen molar-refractivity contribution in [2.45, 2.75) is 18.8 Å².